The molecule has 1 N–H and O–H groups in total. The van der Waals surface area contributed by atoms with E-state index in [1.54, 1.807) is 18.5 Å². The molecule has 0 aliphatic carbocycles. The molecule has 0 bridgehead atoms. The van der Waals surface area contributed by atoms with Crippen LogP contribution in [0.5, 0.6) is 0 Å². The van der Waals surface area contributed by atoms with Crippen molar-refractivity contribution in [2.24, 2.45) is 7.05 Å². The summed E-state index contributed by atoms with van der Waals surface area (Å²) in [6.07, 6.45) is 5.89. The van der Waals surface area contributed by atoms with E-state index in [4.69, 9.17) is 0 Å². The summed E-state index contributed by atoms with van der Waals surface area (Å²) in [7, 11) is -1.15. The molecule has 5 nitrogen and oxygen atoms in total. The maximum Gasteiger partial charge on any atom is 0.156 e. The molecule has 0 saturated heterocycles. The van der Waals surface area contributed by atoms with E-state index in [1.807, 2.05) is 43.7 Å². The topological polar surface area (TPSA) is 64.0 Å². The molecular formula is C17H25N3O2S. The highest BCUT2D eigenvalue weighted by atomic mass is 32.2. The van der Waals surface area contributed by atoms with Gasteiger partial charge in [0.15, 0.2) is 9.84 Å². The number of aryl methyl sites for hydroxylation is 2. The van der Waals surface area contributed by atoms with Gasteiger partial charge in [-0.15, -0.1) is 0 Å². The standard InChI is InChI=1S/C17H25N3O2S/c1-14(2)23(21,22)13-15-6-4-8-17(10-15)18-9-5-7-16-11-19-20(3)12-16/h4,6,8,10-12,14,18H,5,7,9,13H2,1-3H3. The summed E-state index contributed by atoms with van der Waals surface area (Å²) >= 11 is 0. The zero-order chi connectivity index (χ0) is 16.9. The molecule has 0 aliphatic rings. The fourth-order valence-electron chi connectivity index (χ4n) is 2.30. The summed E-state index contributed by atoms with van der Waals surface area (Å²) in [5.41, 5.74) is 3.02. The Labute approximate surface area is 138 Å². The lowest BCUT2D eigenvalue weighted by Crippen LogP contribution is -2.16. The zero-order valence-corrected chi connectivity index (χ0v) is 14.8. The van der Waals surface area contributed by atoms with Crippen molar-refractivity contribution >= 4 is 15.5 Å². The third-order valence-corrected chi connectivity index (χ3v) is 5.91. The molecule has 23 heavy (non-hydrogen) atoms. The average molecular weight is 335 g/mol. The molecule has 0 radical (unpaired) electrons. The van der Waals surface area contributed by atoms with Gasteiger partial charge in [0.25, 0.3) is 0 Å². The van der Waals surface area contributed by atoms with Gasteiger partial charge in [0, 0.05) is 25.5 Å². The summed E-state index contributed by atoms with van der Waals surface area (Å²) in [5.74, 6) is 0.0931. The van der Waals surface area contributed by atoms with Gasteiger partial charge in [0.2, 0.25) is 0 Å². The first-order chi connectivity index (χ1) is 10.9. The summed E-state index contributed by atoms with van der Waals surface area (Å²) < 4.78 is 25.8. The van der Waals surface area contributed by atoms with Crippen LogP contribution in [0.4, 0.5) is 5.69 Å². The van der Waals surface area contributed by atoms with Crippen molar-refractivity contribution in [1.29, 1.82) is 0 Å². The highest BCUT2D eigenvalue weighted by Gasteiger charge is 2.16. The number of nitrogens with one attached hydrogen (secondary N) is 1. The molecule has 126 valence electrons. The number of hydrogen-bond acceptors (Lipinski definition) is 4. The minimum atomic E-state index is -3.06. The van der Waals surface area contributed by atoms with Gasteiger partial charge in [0.05, 0.1) is 17.2 Å². The van der Waals surface area contributed by atoms with Gasteiger partial charge < -0.3 is 5.32 Å². The average Bonchev–Trinajstić information content (AvgIpc) is 2.89. The van der Waals surface area contributed by atoms with Gasteiger partial charge in [0.1, 0.15) is 0 Å². The van der Waals surface area contributed by atoms with Crippen LogP contribution in [0.3, 0.4) is 0 Å². The molecule has 1 aromatic carbocycles. The van der Waals surface area contributed by atoms with Crippen molar-refractivity contribution < 1.29 is 8.42 Å². The highest BCUT2D eigenvalue weighted by molar-refractivity contribution is 7.91. The van der Waals surface area contributed by atoms with Crippen molar-refractivity contribution in [1.82, 2.24) is 9.78 Å². The number of benzene rings is 1. The predicted octanol–water partition coefficient (Wildman–Crippen LogP) is 2.79. The molecule has 0 unspecified atom stereocenters. The lowest BCUT2D eigenvalue weighted by atomic mass is 10.2. The van der Waals surface area contributed by atoms with Crippen molar-refractivity contribution in [3.8, 4) is 0 Å². The first kappa shape index (κ1) is 17.5. The van der Waals surface area contributed by atoms with Crippen LogP contribution < -0.4 is 5.32 Å². The van der Waals surface area contributed by atoms with Crippen molar-refractivity contribution in [3.05, 3.63) is 47.8 Å². The molecular weight excluding hydrogens is 310 g/mol. The second-order valence-corrected chi connectivity index (χ2v) is 8.67. The molecule has 0 spiro atoms. The third kappa shape index (κ3) is 5.39. The van der Waals surface area contributed by atoms with E-state index in [0.717, 1.165) is 30.6 Å². The summed E-state index contributed by atoms with van der Waals surface area (Å²) in [6.45, 7) is 4.28. The fraction of sp³-hybridized carbons (Fsp3) is 0.471. The third-order valence-electron chi connectivity index (χ3n) is 3.74. The fourth-order valence-corrected chi connectivity index (χ4v) is 3.27. The number of sulfone groups is 1. The van der Waals surface area contributed by atoms with E-state index in [1.165, 1.54) is 5.56 Å². The smallest absolute Gasteiger partial charge is 0.156 e. The highest BCUT2D eigenvalue weighted by Crippen LogP contribution is 2.16. The van der Waals surface area contributed by atoms with Gasteiger partial charge in [-0.1, -0.05) is 12.1 Å². The summed E-state index contributed by atoms with van der Waals surface area (Å²) in [6, 6.07) is 7.65. The van der Waals surface area contributed by atoms with Crippen molar-refractivity contribution in [2.75, 3.05) is 11.9 Å². The summed E-state index contributed by atoms with van der Waals surface area (Å²) in [5, 5.41) is 7.16. The Bertz CT molecular complexity index is 736. The number of anilines is 1. The van der Waals surface area contributed by atoms with Crippen molar-refractivity contribution in [3.63, 3.8) is 0 Å². The molecule has 0 aliphatic heterocycles. The first-order valence-corrected chi connectivity index (χ1v) is 9.60. The predicted molar refractivity (Wildman–Crippen MR) is 94.2 cm³/mol. The van der Waals surface area contributed by atoms with Crippen LogP contribution in [0, 0.1) is 0 Å². The number of hydrogen-bond donors (Lipinski definition) is 1. The monoisotopic (exact) mass is 335 g/mol. The van der Waals surface area contributed by atoms with Crippen LogP contribution in [0.15, 0.2) is 36.7 Å². The zero-order valence-electron chi connectivity index (χ0n) is 14.0. The molecule has 0 amide bonds. The number of aromatic nitrogens is 2. The minimum Gasteiger partial charge on any atom is -0.385 e. The van der Waals surface area contributed by atoms with Crippen LogP contribution in [0.25, 0.3) is 0 Å². The quantitative estimate of drug-likeness (QED) is 0.754. The van der Waals surface area contributed by atoms with Gasteiger partial charge >= 0.3 is 0 Å². The molecule has 0 fully saturated rings. The second kappa shape index (κ2) is 7.64. The van der Waals surface area contributed by atoms with Gasteiger partial charge in [-0.2, -0.15) is 5.10 Å². The van der Waals surface area contributed by atoms with Crippen LogP contribution in [-0.2, 0) is 29.1 Å². The maximum atomic E-state index is 12.0. The van der Waals surface area contributed by atoms with E-state index in [9.17, 15) is 8.42 Å². The van der Waals surface area contributed by atoms with Crippen LogP contribution in [-0.4, -0.2) is 30.0 Å². The SMILES string of the molecule is CC(C)S(=O)(=O)Cc1cccc(NCCCc2cnn(C)c2)c1. The Kier molecular flexibility index (Phi) is 5.82. The Morgan fingerprint density at radius 3 is 2.70 bits per heavy atom. The van der Waals surface area contributed by atoms with Gasteiger partial charge in [-0.05, 0) is 49.9 Å². The Morgan fingerprint density at radius 1 is 1.26 bits per heavy atom. The van der Waals surface area contributed by atoms with E-state index in [0.29, 0.717) is 0 Å². The van der Waals surface area contributed by atoms with Crippen LogP contribution in [0.2, 0.25) is 0 Å². The molecule has 6 heteroatoms. The van der Waals surface area contributed by atoms with E-state index in [2.05, 4.69) is 10.4 Å². The number of rotatable bonds is 8. The minimum absolute atomic E-state index is 0.0931. The Morgan fingerprint density at radius 2 is 2.04 bits per heavy atom. The summed E-state index contributed by atoms with van der Waals surface area (Å²) in [4.78, 5) is 0. The first-order valence-electron chi connectivity index (χ1n) is 7.89. The van der Waals surface area contributed by atoms with Crippen molar-refractivity contribution in [2.45, 2.75) is 37.7 Å². The molecule has 2 aromatic rings. The van der Waals surface area contributed by atoms with Crippen LogP contribution >= 0.6 is 0 Å². The van der Waals surface area contributed by atoms with E-state index >= 15 is 0 Å². The molecule has 1 heterocycles. The maximum absolute atomic E-state index is 12.0. The lowest BCUT2D eigenvalue weighted by molar-refractivity contribution is 0.586. The number of nitrogens with zero attached hydrogens (tertiary/aromatic N) is 2. The molecule has 0 atom stereocenters. The van der Waals surface area contributed by atoms with Gasteiger partial charge in [-0.3, -0.25) is 4.68 Å². The lowest BCUT2D eigenvalue weighted by Gasteiger charge is -2.10. The molecule has 1 aromatic heterocycles. The van der Waals surface area contributed by atoms with Gasteiger partial charge in [-0.25, -0.2) is 8.42 Å². The van der Waals surface area contributed by atoms with E-state index < -0.39 is 9.84 Å². The molecule has 2 rings (SSSR count). The van der Waals surface area contributed by atoms with Crippen LogP contribution in [0.1, 0.15) is 31.4 Å². The Balaban J connectivity index is 1.85. The molecule has 0 saturated carbocycles. The second-order valence-electron chi connectivity index (χ2n) is 6.11. The van der Waals surface area contributed by atoms with E-state index in [-0.39, 0.29) is 11.0 Å². The largest absolute Gasteiger partial charge is 0.385 e. The Hall–Kier alpha value is -1.82. The normalized spacial score (nSPS) is 11.8.